The first-order chi connectivity index (χ1) is 11.4. The highest BCUT2D eigenvalue weighted by molar-refractivity contribution is 6.03. The Morgan fingerprint density at radius 2 is 2.00 bits per heavy atom. The maximum atomic E-state index is 11.8. The molecule has 1 aromatic rings. The minimum absolute atomic E-state index is 0.0573. The smallest absolute Gasteiger partial charge is 0.178 e. The van der Waals surface area contributed by atoms with Gasteiger partial charge in [0, 0.05) is 12.1 Å². The Labute approximate surface area is 139 Å². The number of aliphatic hydroxyl groups excluding tert-OH is 4. The zero-order chi connectivity index (χ0) is 17.4. The molecule has 0 spiro atoms. The van der Waals surface area contributed by atoms with Crippen molar-refractivity contribution in [1.29, 1.82) is 0 Å². The Kier molecular flexibility index (Phi) is 4.71. The van der Waals surface area contributed by atoms with Crippen LogP contribution in [0.25, 0.3) is 6.08 Å². The van der Waals surface area contributed by atoms with Gasteiger partial charge in [-0.25, -0.2) is 0 Å². The van der Waals surface area contributed by atoms with Gasteiger partial charge >= 0.3 is 0 Å². The van der Waals surface area contributed by atoms with E-state index >= 15 is 0 Å². The number of aliphatic hydroxyl groups is 4. The Hall–Kier alpha value is -1.77. The summed E-state index contributed by atoms with van der Waals surface area (Å²) in [7, 11) is 0. The van der Waals surface area contributed by atoms with E-state index in [-0.39, 0.29) is 5.78 Å². The molecule has 5 N–H and O–H groups in total. The predicted octanol–water partition coefficient (Wildman–Crippen LogP) is -0.573. The average molecular weight is 335 g/mol. The molecule has 1 fully saturated rings. The van der Waals surface area contributed by atoms with Crippen LogP contribution < -0.4 is 5.32 Å². The normalized spacial score (nSPS) is 33.0. The number of Topliss-reactive ketones (excluding diaryl/α,β-unsaturated/α-hetero) is 1. The van der Waals surface area contributed by atoms with Gasteiger partial charge in [-0.2, -0.15) is 0 Å². The third-order valence-corrected chi connectivity index (χ3v) is 4.54. The van der Waals surface area contributed by atoms with E-state index < -0.39 is 37.3 Å². The monoisotopic (exact) mass is 335 g/mol. The van der Waals surface area contributed by atoms with E-state index in [0.29, 0.717) is 17.7 Å². The van der Waals surface area contributed by atoms with Crippen molar-refractivity contribution in [3.8, 4) is 0 Å². The summed E-state index contributed by atoms with van der Waals surface area (Å²) in [5, 5.41) is 42.1. The number of allylic oxidation sites excluding steroid dienone is 1. The highest BCUT2D eigenvalue weighted by Gasteiger charge is 2.43. The summed E-state index contributed by atoms with van der Waals surface area (Å²) in [4.78, 5) is 11.8. The van der Waals surface area contributed by atoms with Gasteiger partial charge in [0.2, 0.25) is 0 Å². The lowest BCUT2D eigenvalue weighted by atomic mass is 9.91. The fraction of sp³-hybridized carbons (Fsp3) is 0.471. The van der Waals surface area contributed by atoms with Gasteiger partial charge in [0.05, 0.1) is 6.61 Å². The quantitative estimate of drug-likeness (QED) is 0.502. The van der Waals surface area contributed by atoms with Crippen LogP contribution in [0.1, 0.15) is 18.1 Å². The largest absolute Gasteiger partial charge is 0.394 e. The molecular weight excluding hydrogens is 314 g/mol. The Morgan fingerprint density at radius 1 is 1.25 bits per heavy atom. The van der Waals surface area contributed by atoms with Crippen molar-refractivity contribution in [2.75, 3.05) is 11.9 Å². The first-order valence-electron chi connectivity index (χ1n) is 7.82. The van der Waals surface area contributed by atoms with Gasteiger partial charge in [0.15, 0.2) is 12.1 Å². The fourth-order valence-electron chi connectivity index (χ4n) is 3.06. The number of hydrogen-bond donors (Lipinski definition) is 5. The van der Waals surface area contributed by atoms with Gasteiger partial charge in [0.25, 0.3) is 0 Å². The van der Waals surface area contributed by atoms with Crippen LogP contribution >= 0.6 is 0 Å². The van der Waals surface area contributed by atoms with Gasteiger partial charge in [-0.1, -0.05) is 6.07 Å². The zero-order valence-electron chi connectivity index (χ0n) is 13.2. The van der Waals surface area contributed by atoms with Crippen LogP contribution in [0, 0.1) is 0 Å². The number of ketones is 1. The third-order valence-electron chi connectivity index (χ3n) is 4.54. The van der Waals surface area contributed by atoms with Crippen molar-refractivity contribution in [1.82, 2.24) is 0 Å². The van der Waals surface area contributed by atoms with Crippen LogP contribution in [0.4, 0.5) is 5.69 Å². The van der Waals surface area contributed by atoms with Crippen LogP contribution in [0.2, 0.25) is 0 Å². The van der Waals surface area contributed by atoms with Gasteiger partial charge in [-0.3, -0.25) is 4.79 Å². The molecule has 2 unspecified atom stereocenters. The van der Waals surface area contributed by atoms with Crippen molar-refractivity contribution >= 4 is 17.5 Å². The molecule has 130 valence electrons. The molecule has 1 aromatic carbocycles. The first kappa shape index (κ1) is 17.1. The maximum Gasteiger partial charge on any atom is 0.178 e. The Balaban J connectivity index is 1.79. The van der Waals surface area contributed by atoms with E-state index in [1.54, 1.807) is 19.1 Å². The SMILES string of the molecule is CC1=Cc2ccc(NC3[C@@H](O)OC(CO)[C@H](O)[C@H]3O)cc2CC1=O. The molecule has 0 amide bonds. The van der Waals surface area contributed by atoms with E-state index in [4.69, 9.17) is 9.84 Å². The second-order valence-electron chi connectivity index (χ2n) is 6.24. The number of anilines is 1. The zero-order valence-corrected chi connectivity index (χ0v) is 13.2. The van der Waals surface area contributed by atoms with Crippen molar-refractivity contribution < 1.29 is 30.0 Å². The molecule has 0 bridgehead atoms. The summed E-state index contributed by atoms with van der Waals surface area (Å²) in [6, 6.07) is 4.43. The lowest BCUT2D eigenvalue weighted by molar-refractivity contribution is -0.245. The second kappa shape index (κ2) is 6.62. The number of carbonyl (C=O) groups excluding carboxylic acids is 1. The number of nitrogens with one attached hydrogen (secondary N) is 1. The molecule has 0 saturated carbocycles. The second-order valence-corrected chi connectivity index (χ2v) is 6.24. The van der Waals surface area contributed by atoms with Crippen molar-refractivity contribution in [3.05, 3.63) is 34.9 Å². The van der Waals surface area contributed by atoms with Crippen molar-refractivity contribution in [3.63, 3.8) is 0 Å². The van der Waals surface area contributed by atoms with Crippen molar-refractivity contribution in [2.24, 2.45) is 0 Å². The summed E-state index contributed by atoms with van der Waals surface area (Å²) in [5.74, 6) is 0.0573. The predicted molar refractivity (Wildman–Crippen MR) is 86.2 cm³/mol. The lowest BCUT2D eigenvalue weighted by Crippen LogP contribution is -2.61. The van der Waals surface area contributed by atoms with E-state index in [9.17, 15) is 20.1 Å². The van der Waals surface area contributed by atoms with Gasteiger partial charge in [0.1, 0.15) is 24.4 Å². The first-order valence-corrected chi connectivity index (χ1v) is 7.82. The standard InChI is InChI=1S/C17H21NO6/c1-8-4-9-2-3-11(5-10(9)6-12(8)20)18-14-16(22)15(21)13(7-19)24-17(14)23/h2-5,13-19,21-23H,6-7H2,1H3/t13?,14?,15-,16-,17-/m0/s1. The summed E-state index contributed by atoms with van der Waals surface area (Å²) < 4.78 is 5.12. The van der Waals surface area contributed by atoms with E-state index in [2.05, 4.69) is 5.32 Å². The number of hydrogen-bond acceptors (Lipinski definition) is 7. The topological polar surface area (TPSA) is 119 Å². The maximum absolute atomic E-state index is 11.8. The van der Waals surface area contributed by atoms with Crippen LogP contribution in [0.5, 0.6) is 0 Å². The van der Waals surface area contributed by atoms with Gasteiger partial charge < -0.3 is 30.5 Å². The van der Waals surface area contributed by atoms with Crippen LogP contribution in [0.15, 0.2) is 23.8 Å². The van der Waals surface area contributed by atoms with Crippen LogP contribution in [0.3, 0.4) is 0 Å². The Bertz CT molecular complexity index is 673. The molecule has 7 heteroatoms. The summed E-state index contributed by atoms with van der Waals surface area (Å²) >= 11 is 0. The van der Waals surface area contributed by atoms with Crippen molar-refractivity contribution in [2.45, 2.75) is 44.0 Å². The number of benzene rings is 1. The fourth-order valence-corrected chi connectivity index (χ4v) is 3.06. The summed E-state index contributed by atoms with van der Waals surface area (Å²) in [6.07, 6.45) is -2.93. The van der Waals surface area contributed by atoms with E-state index in [1.807, 2.05) is 12.1 Å². The minimum atomic E-state index is -1.39. The average Bonchev–Trinajstić information content (AvgIpc) is 2.56. The van der Waals surface area contributed by atoms with Crippen LogP contribution in [-0.4, -0.2) is 63.5 Å². The summed E-state index contributed by atoms with van der Waals surface area (Å²) in [6.45, 7) is 1.27. The van der Waals surface area contributed by atoms with Gasteiger partial charge in [-0.05, 0) is 41.8 Å². The molecule has 1 aliphatic heterocycles. The molecule has 5 atom stereocenters. The molecule has 0 aromatic heterocycles. The molecule has 2 aliphatic rings. The number of carbonyl (C=O) groups is 1. The lowest BCUT2D eigenvalue weighted by Gasteiger charge is -2.40. The molecule has 1 saturated heterocycles. The third kappa shape index (κ3) is 3.09. The molecule has 0 radical (unpaired) electrons. The Morgan fingerprint density at radius 3 is 2.71 bits per heavy atom. The summed E-state index contributed by atoms with van der Waals surface area (Å²) in [5.41, 5.74) is 3.12. The van der Waals surface area contributed by atoms with E-state index in [1.165, 1.54) is 0 Å². The van der Waals surface area contributed by atoms with Crippen LogP contribution in [-0.2, 0) is 16.0 Å². The molecular formula is C17H21NO6. The minimum Gasteiger partial charge on any atom is -0.394 e. The molecule has 1 heterocycles. The molecule has 24 heavy (non-hydrogen) atoms. The molecule has 7 nitrogen and oxygen atoms in total. The molecule has 1 aliphatic carbocycles. The van der Waals surface area contributed by atoms with E-state index in [0.717, 1.165) is 11.1 Å². The van der Waals surface area contributed by atoms with Gasteiger partial charge in [-0.15, -0.1) is 0 Å². The number of rotatable bonds is 3. The number of ether oxygens (including phenoxy) is 1. The number of fused-ring (bicyclic) bond motifs is 1. The highest BCUT2D eigenvalue weighted by atomic mass is 16.6. The highest BCUT2D eigenvalue weighted by Crippen LogP contribution is 2.27. The molecule has 3 rings (SSSR count).